The Balaban J connectivity index is 2.90. The molecule has 2 atom stereocenters. The Bertz CT molecular complexity index is 276. The summed E-state index contributed by atoms with van der Waals surface area (Å²) in [7, 11) is 1.95. The molecule has 0 radical (unpaired) electrons. The fourth-order valence-corrected chi connectivity index (χ4v) is 3.49. The monoisotopic (exact) mass is 280 g/mol. The minimum atomic E-state index is -4.09. The highest BCUT2D eigenvalue weighted by molar-refractivity contribution is 4.98. The third-order valence-corrected chi connectivity index (χ3v) is 4.90. The zero-order valence-corrected chi connectivity index (χ0v) is 12.3. The maximum Gasteiger partial charge on any atom is 0.391 e. The van der Waals surface area contributed by atoms with Gasteiger partial charge < -0.3 is 5.73 Å². The summed E-state index contributed by atoms with van der Waals surface area (Å²) in [6.45, 7) is 4.48. The lowest BCUT2D eigenvalue weighted by atomic mass is 9.73. The van der Waals surface area contributed by atoms with Gasteiger partial charge in [-0.2, -0.15) is 13.2 Å². The number of hydrogen-bond donors (Lipinski definition) is 1. The van der Waals surface area contributed by atoms with E-state index in [1.165, 1.54) is 0 Å². The number of hydrogen-bond acceptors (Lipinski definition) is 2. The summed E-state index contributed by atoms with van der Waals surface area (Å²) in [6, 6.07) is 0.315. The van der Waals surface area contributed by atoms with Gasteiger partial charge in [0, 0.05) is 18.1 Å². The van der Waals surface area contributed by atoms with Gasteiger partial charge in [-0.25, -0.2) is 0 Å². The first-order chi connectivity index (χ1) is 8.80. The fraction of sp³-hybridized carbons (Fsp3) is 1.00. The molecule has 2 unspecified atom stereocenters. The highest BCUT2D eigenvalue weighted by Gasteiger charge is 2.49. The number of halogens is 3. The van der Waals surface area contributed by atoms with Crippen LogP contribution in [0.1, 0.15) is 52.4 Å². The van der Waals surface area contributed by atoms with E-state index in [0.717, 1.165) is 19.3 Å². The van der Waals surface area contributed by atoms with Crippen molar-refractivity contribution in [2.45, 2.75) is 70.1 Å². The van der Waals surface area contributed by atoms with Gasteiger partial charge in [0.15, 0.2) is 0 Å². The minimum Gasteiger partial charge on any atom is -0.329 e. The summed E-state index contributed by atoms with van der Waals surface area (Å²) in [5.74, 6) is -1.19. The smallest absolute Gasteiger partial charge is 0.329 e. The minimum absolute atomic E-state index is 0.153. The van der Waals surface area contributed by atoms with Crippen molar-refractivity contribution in [3.05, 3.63) is 0 Å². The van der Waals surface area contributed by atoms with E-state index in [2.05, 4.69) is 18.7 Å². The van der Waals surface area contributed by atoms with Crippen LogP contribution in [0.5, 0.6) is 0 Å². The van der Waals surface area contributed by atoms with Crippen molar-refractivity contribution >= 4 is 0 Å². The van der Waals surface area contributed by atoms with Crippen LogP contribution in [0, 0.1) is 5.92 Å². The zero-order chi connectivity index (χ0) is 14.7. The predicted octanol–water partition coefficient (Wildman–Crippen LogP) is 3.56. The molecule has 1 aliphatic rings. The second kappa shape index (κ2) is 6.44. The first-order valence-electron chi connectivity index (χ1n) is 7.30. The van der Waals surface area contributed by atoms with Crippen LogP contribution in [0.2, 0.25) is 0 Å². The molecule has 0 aromatic carbocycles. The molecule has 0 aromatic rings. The number of alkyl halides is 3. The first kappa shape index (κ1) is 16.8. The molecule has 0 bridgehead atoms. The molecule has 0 aliphatic heterocycles. The summed E-state index contributed by atoms with van der Waals surface area (Å²) in [4.78, 5) is 2.13. The van der Waals surface area contributed by atoms with Gasteiger partial charge in [-0.3, -0.25) is 4.90 Å². The Labute approximate surface area is 114 Å². The van der Waals surface area contributed by atoms with Crippen LogP contribution in [0.3, 0.4) is 0 Å². The van der Waals surface area contributed by atoms with E-state index in [-0.39, 0.29) is 12.8 Å². The van der Waals surface area contributed by atoms with Gasteiger partial charge in [-0.05, 0) is 39.2 Å². The van der Waals surface area contributed by atoms with Crippen LogP contribution in [0.25, 0.3) is 0 Å². The Kier molecular flexibility index (Phi) is 5.68. The maximum absolute atomic E-state index is 13.0. The van der Waals surface area contributed by atoms with Crippen LogP contribution in [0.15, 0.2) is 0 Å². The van der Waals surface area contributed by atoms with Gasteiger partial charge in [-0.15, -0.1) is 0 Å². The van der Waals surface area contributed by atoms with E-state index in [1.807, 2.05) is 7.05 Å². The molecule has 1 aliphatic carbocycles. The van der Waals surface area contributed by atoms with Crippen molar-refractivity contribution in [3.63, 3.8) is 0 Å². The number of rotatable bonds is 5. The van der Waals surface area contributed by atoms with Crippen LogP contribution in [0.4, 0.5) is 13.2 Å². The van der Waals surface area contributed by atoms with Crippen molar-refractivity contribution < 1.29 is 13.2 Å². The van der Waals surface area contributed by atoms with E-state index in [4.69, 9.17) is 5.73 Å². The molecule has 19 heavy (non-hydrogen) atoms. The molecule has 0 saturated heterocycles. The Morgan fingerprint density at radius 2 is 1.89 bits per heavy atom. The molecular weight excluding hydrogens is 253 g/mol. The van der Waals surface area contributed by atoms with E-state index >= 15 is 0 Å². The molecule has 0 amide bonds. The van der Waals surface area contributed by atoms with Crippen molar-refractivity contribution in [2.24, 2.45) is 11.7 Å². The summed E-state index contributed by atoms with van der Waals surface area (Å²) in [5.41, 5.74) is 5.41. The number of nitrogens with two attached hydrogens (primary N) is 1. The molecule has 1 rings (SSSR count). The average molecular weight is 280 g/mol. The van der Waals surface area contributed by atoms with Crippen LogP contribution in [-0.4, -0.2) is 36.2 Å². The van der Waals surface area contributed by atoms with Crippen molar-refractivity contribution in [1.29, 1.82) is 0 Å². The van der Waals surface area contributed by atoms with Gasteiger partial charge in [0.05, 0.1) is 5.92 Å². The molecule has 0 aromatic heterocycles. The highest BCUT2D eigenvalue weighted by atomic mass is 19.4. The van der Waals surface area contributed by atoms with E-state index in [0.29, 0.717) is 19.0 Å². The second-order valence-electron chi connectivity index (χ2n) is 5.84. The first-order valence-corrected chi connectivity index (χ1v) is 7.30. The van der Waals surface area contributed by atoms with Gasteiger partial charge in [-0.1, -0.05) is 20.3 Å². The third-order valence-electron chi connectivity index (χ3n) is 4.90. The molecule has 1 fully saturated rings. The lowest BCUT2D eigenvalue weighted by molar-refractivity contribution is -0.194. The van der Waals surface area contributed by atoms with Gasteiger partial charge in [0.2, 0.25) is 0 Å². The van der Waals surface area contributed by atoms with Crippen molar-refractivity contribution in [2.75, 3.05) is 13.6 Å². The topological polar surface area (TPSA) is 29.3 Å². The molecule has 1 saturated carbocycles. The van der Waals surface area contributed by atoms with Crippen molar-refractivity contribution in [1.82, 2.24) is 4.90 Å². The van der Waals surface area contributed by atoms with Gasteiger partial charge >= 0.3 is 6.18 Å². The maximum atomic E-state index is 13.0. The summed E-state index contributed by atoms with van der Waals surface area (Å²) < 4.78 is 39.0. The Hall–Kier alpha value is -0.290. The van der Waals surface area contributed by atoms with Gasteiger partial charge in [0.25, 0.3) is 0 Å². The van der Waals surface area contributed by atoms with E-state index in [9.17, 15) is 13.2 Å². The van der Waals surface area contributed by atoms with Crippen molar-refractivity contribution in [3.8, 4) is 0 Å². The molecule has 2 nitrogen and oxygen atoms in total. The normalized spacial score (nSPS) is 29.2. The number of likely N-dealkylation sites (N-methyl/N-ethyl adjacent to an activating group) is 1. The van der Waals surface area contributed by atoms with Crippen LogP contribution in [-0.2, 0) is 0 Å². The average Bonchev–Trinajstić information content (AvgIpc) is 2.39. The molecular formula is C14H27F3N2. The summed E-state index contributed by atoms with van der Waals surface area (Å²) in [6.07, 6.45) is -0.385. The predicted molar refractivity (Wildman–Crippen MR) is 71.9 cm³/mol. The Morgan fingerprint density at radius 1 is 1.32 bits per heavy atom. The number of nitrogens with zero attached hydrogens (tertiary/aromatic N) is 1. The lowest BCUT2D eigenvalue weighted by Crippen LogP contribution is -2.59. The molecule has 114 valence electrons. The van der Waals surface area contributed by atoms with Crippen LogP contribution >= 0.6 is 0 Å². The highest BCUT2D eigenvalue weighted by Crippen LogP contribution is 2.44. The molecule has 5 heteroatoms. The fourth-order valence-electron chi connectivity index (χ4n) is 3.49. The lowest BCUT2D eigenvalue weighted by Gasteiger charge is -2.49. The standard InChI is InChI=1S/C14H27F3N2/c1-4-12(5-2)19(3)13(10-18)8-6-7-11(9-13)14(15,16)17/h11-12H,4-10,18H2,1-3H3. The summed E-state index contributed by atoms with van der Waals surface area (Å²) in [5, 5.41) is 0. The molecule has 0 heterocycles. The molecule has 0 spiro atoms. The quantitative estimate of drug-likeness (QED) is 0.834. The van der Waals surface area contributed by atoms with E-state index in [1.54, 1.807) is 0 Å². The zero-order valence-electron chi connectivity index (χ0n) is 12.3. The second-order valence-corrected chi connectivity index (χ2v) is 5.84. The van der Waals surface area contributed by atoms with E-state index < -0.39 is 17.6 Å². The summed E-state index contributed by atoms with van der Waals surface area (Å²) >= 11 is 0. The molecule has 2 N–H and O–H groups in total. The SMILES string of the molecule is CCC(CC)N(C)C1(CN)CCCC(C(F)(F)F)C1. The Morgan fingerprint density at radius 3 is 2.32 bits per heavy atom. The van der Waals surface area contributed by atoms with Gasteiger partial charge in [0.1, 0.15) is 0 Å². The largest absolute Gasteiger partial charge is 0.391 e. The third kappa shape index (κ3) is 3.63. The van der Waals surface area contributed by atoms with Crippen LogP contribution < -0.4 is 5.73 Å².